The predicted octanol–water partition coefficient (Wildman–Crippen LogP) is 3.73. The van der Waals surface area contributed by atoms with Crippen LogP contribution in [-0.2, 0) is 9.53 Å². The second-order valence-electron chi connectivity index (χ2n) is 8.10. The van der Waals surface area contributed by atoms with Crippen LogP contribution in [0.3, 0.4) is 0 Å². The zero-order valence-electron chi connectivity index (χ0n) is 18.3. The number of aliphatic imine (C=N–C) groups is 1. The maximum absolute atomic E-state index is 12.8. The SMILES string of the molecule is CCNC(=NCC(OC)c1ccccc1)NC1CCN(C(=O)C2CCCCC2)C1.I. The van der Waals surface area contributed by atoms with Crippen LogP contribution >= 0.6 is 24.0 Å². The Morgan fingerprint density at radius 2 is 1.93 bits per heavy atom. The molecule has 0 aromatic heterocycles. The van der Waals surface area contributed by atoms with Gasteiger partial charge in [-0.25, -0.2) is 0 Å². The Labute approximate surface area is 198 Å². The Hall–Kier alpha value is -1.35. The molecule has 1 aliphatic heterocycles. The number of methoxy groups -OCH3 is 1. The van der Waals surface area contributed by atoms with Gasteiger partial charge in [0.1, 0.15) is 6.10 Å². The molecule has 1 heterocycles. The van der Waals surface area contributed by atoms with Gasteiger partial charge in [0.05, 0.1) is 6.54 Å². The molecule has 1 saturated carbocycles. The lowest BCUT2D eigenvalue weighted by Crippen LogP contribution is -2.45. The van der Waals surface area contributed by atoms with Crippen LogP contribution in [0.15, 0.2) is 35.3 Å². The van der Waals surface area contributed by atoms with Gasteiger partial charge in [0.15, 0.2) is 5.96 Å². The van der Waals surface area contributed by atoms with Gasteiger partial charge in [0.25, 0.3) is 0 Å². The lowest BCUT2D eigenvalue weighted by Gasteiger charge is -2.26. The summed E-state index contributed by atoms with van der Waals surface area (Å²) in [5, 5.41) is 6.85. The number of hydrogen-bond donors (Lipinski definition) is 2. The molecular weight excluding hydrogens is 491 g/mol. The van der Waals surface area contributed by atoms with Crippen molar-refractivity contribution in [3.63, 3.8) is 0 Å². The van der Waals surface area contributed by atoms with Gasteiger partial charge >= 0.3 is 0 Å². The minimum absolute atomic E-state index is 0. The molecular formula is C23H37IN4O2. The van der Waals surface area contributed by atoms with Crippen molar-refractivity contribution < 1.29 is 9.53 Å². The molecule has 1 amide bonds. The molecule has 3 rings (SSSR count). The van der Waals surface area contributed by atoms with Crippen molar-refractivity contribution in [2.75, 3.05) is 33.3 Å². The maximum Gasteiger partial charge on any atom is 0.225 e. The van der Waals surface area contributed by atoms with E-state index in [0.29, 0.717) is 12.5 Å². The fourth-order valence-electron chi connectivity index (χ4n) is 4.36. The number of benzene rings is 1. The molecule has 1 aromatic rings. The summed E-state index contributed by atoms with van der Waals surface area (Å²) in [6, 6.07) is 10.4. The van der Waals surface area contributed by atoms with E-state index in [-0.39, 0.29) is 42.0 Å². The Morgan fingerprint density at radius 1 is 1.20 bits per heavy atom. The van der Waals surface area contributed by atoms with Crippen LogP contribution in [0.4, 0.5) is 0 Å². The monoisotopic (exact) mass is 528 g/mol. The molecule has 0 radical (unpaired) electrons. The first-order valence-corrected chi connectivity index (χ1v) is 11.1. The zero-order valence-corrected chi connectivity index (χ0v) is 20.6. The average molecular weight is 528 g/mol. The van der Waals surface area contributed by atoms with E-state index in [0.717, 1.165) is 50.4 Å². The van der Waals surface area contributed by atoms with E-state index in [9.17, 15) is 4.79 Å². The quantitative estimate of drug-likeness (QED) is 0.322. The summed E-state index contributed by atoms with van der Waals surface area (Å²) in [6.45, 7) is 5.03. The molecule has 2 N–H and O–H groups in total. The van der Waals surface area contributed by atoms with Crippen molar-refractivity contribution in [2.24, 2.45) is 10.9 Å². The highest BCUT2D eigenvalue weighted by Crippen LogP contribution is 2.26. The second-order valence-corrected chi connectivity index (χ2v) is 8.10. The number of nitrogens with one attached hydrogen (secondary N) is 2. The number of rotatable bonds is 7. The normalized spacial score (nSPS) is 21.1. The number of carbonyl (C=O) groups excluding carboxylic acids is 1. The number of likely N-dealkylation sites (tertiary alicyclic amines) is 1. The Balaban J connectivity index is 0.00000320. The third-order valence-corrected chi connectivity index (χ3v) is 6.01. The van der Waals surface area contributed by atoms with Gasteiger partial charge in [0, 0.05) is 38.7 Å². The number of carbonyl (C=O) groups is 1. The van der Waals surface area contributed by atoms with Crippen LogP contribution < -0.4 is 10.6 Å². The van der Waals surface area contributed by atoms with Crippen LogP contribution in [0.1, 0.15) is 57.1 Å². The smallest absolute Gasteiger partial charge is 0.225 e. The highest BCUT2D eigenvalue weighted by Gasteiger charge is 2.31. The minimum atomic E-state index is -0.0698. The van der Waals surface area contributed by atoms with Crippen LogP contribution in [0.25, 0.3) is 0 Å². The molecule has 1 aromatic carbocycles. The van der Waals surface area contributed by atoms with Crippen LogP contribution in [0.5, 0.6) is 0 Å². The van der Waals surface area contributed by atoms with Crippen LogP contribution in [0, 0.1) is 5.92 Å². The van der Waals surface area contributed by atoms with E-state index in [1.165, 1.54) is 19.3 Å². The Bertz CT molecular complexity index is 664. The first kappa shape index (κ1) is 24.9. The molecule has 7 heteroatoms. The molecule has 2 aliphatic rings. The predicted molar refractivity (Wildman–Crippen MR) is 132 cm³/mol. The van der Waals surface area contributed by atoms with Crippen molar-refractivity contribution in [1.29, 1.82) is 0 Å². The molecule has 6 nitrogen and oxygen atoms in total. The number of guanidine groups is 1. The Kier molecular flexibility index (Phi) is 10.9. The van der Waals surface area contributed by atoms with Gasteiger partial charge in [-0.3, -0.25) is 9.79 Å². The topological polar surface area (TPSA) is 66.0 Å². The van der Waals surface area contributed by atoms with Crippen molar-refractivity contribution in [3.8, 4) is 0 Å². The largest absolute Gasteiger partial charge is 0.375 e. The highest BCUT2D eigenvalue weighted by atomic mass is 127. The molecule has 2 unspecified atom stereocenters. The van der Waals surface area contributed by atoms with Crippen molar-refractivity contribution >= 4 is 35.8 Å². The van der Waals surface area contributed by atoms with E-state index in [1.807, 2.05) is 18.2 Å². The number of halogens is 1. The average Bonchev–Trinajstić information content (AvgIpc) is 3.23. The summed E-state index contributed by atoms with van der Waals surface area (Å²) >= 11 is 0. The van der Waals surface area contributed by atoms with Crippen molar-refractivity contribution in [2.45, 2.75) is 57.6 Å². The summed E-state index contributed by atoms with van der Waals surface area (Å²) in [5.41, 5.74) is 1.12. The van der Waals surface area contributed by atoms with Gasteiger partial charge in [-0.15, -0.1) is 24.0 Å². The molecule has 0 spiro atoms. The summed E-state index contributed by atoms with van der Waals surface area (Å²) in [7, 11) is 1.72. The molecule has 2 atom stereocenters. The van der Waals surface area contributed by atoms with E-state index in [1.54, 1.807) is 7.11 Å². The third kappa shape index (κ3) is 7.11. The summed E-state index contributed by atoms with van der Waals surface area (Å²) in [6.07, 6.45) is 6.71. The van der Waals surface area contributed by atoms with Gasteiger partial charge in [-0.2, -0.15) is 0 Å². The van der Waals surface area contributed by atoms with E-state index in [4.69, 9.17) is 9.73 Å². The van der Waals surface area contributed by atoms with Crippen molar-refractivity contribution in [3.05, 3.63) is 35.9 Å². The van der Waals surface area contributed by atoms with Crippen LogP contribution in [-0.4, -0.2) is 56.1 Å². The molecule has 0 bridgehead atoms. The second kappa shape index (κ2) is 13.1. The highest BCUT2D eigenvalue weighted by molar-refractivity contribution is 14.0. The first-order chi connectivity index (χ1) is 14.2. The van der Waals surface area contributed by atoms with Crippen LogP contribution in [0.2, 0.25) is 0 Å². The fourth-order valence-corrected chi connectivity index (χ4v) is 4.36. The number of nitrogens with zero attached hydrogens (tertiary/aromatic N) is 2. The molecule has 1 aliphatic carbocycles. The summed E-state index contributed by atoms with van der Waals surface area (Å²) in [5.74, 6) is 1.40. The minimum Gasteiger partial charge on any atom is -0.375 e. The van der Waals surface area contributed by atoms with Gasteiger partial charge in [-0.05, 0) is 31.7 Å². The lowest BCUT2D eigenvalue weighted by molar-refractivity contribution is -0.135. The van der Waals surface area contributed by atoms with Gasteiger partial charge in [0.2, 0.25) is 5.91 Å². The Morgan fingerprint density at radius 3 is 2.60 bits per heavy atom. The molecule has 1 saturated heterocycles. The van der Waals surface area contributed by atoms with Gasteiger partial charge in [-0.1, -0.05) is 49.6 Å². The summed E-state index contributed by atoms with van der Waals surface area (Å²) < 4.78 is 5.64. The number of amides is 1. The van der Waals surface area contributed by atoms with Crippen molar-refractivity contribution in [1.82, 2.24) is 15.5 Å². The molecule has 2 fully saturated rings. The maximum atomic E-state index is 12.8. The van der Waals surface area contributed by atoms with E-state index < -0.39 is 0 Å². The summed E-state index contributed by atoms with van der Waals surface area (Å²) in [4.78, 5) is 19.6. The first-order valence-electron chi connectivity index (χ1n) is 11.1. The lowest BCUT2D eigenvalue weighted by atomic mass is 9.88. The fraction of sp³-hybridized carbons (Fsp3) is 0.652. The molecule has 30 heavy (non-hydrogen) atoms. The number of ether oxygens (including phenoxy) is 1. The standard InChI is InChI=1S/C23H36N4O2.HI/c1-3-24-23(25-16-21(29-2)18-10-6-4-7-11-18)26-20-14-15-27(17-20)22(28)19-12-8-5-9-13-19;/h4,6-7,10-11,19-21H,3,5,8-9,12-17H2,1-2H3,(H2,24,25,26);1H. The zero-order chi connectivity index (χ0) is 20.5. The third-order valence-electron chi connectivity index (χ3n) is 6.01. The van der Waals surface area contributed by atoms with E-state index in [2.05, 4.69) is 34.6 Å². The molecule has 168 valence electrons. The van der Waals surface area contributed by atoms with E-state index >= 15 is 0 Å². The number of hydrogen-bond acceptors (Lipinski definition) is 3. The van der Waals surface area contributed by atoms with Gasteiger partial charge < -0.3 is 20.3 Å².